The third-order valence-corrected chi connectivity index (χ3v) is 1.77. The van der Waals surface area contributed by atoms with Crippen molar-refractivity contribution in [3.63, 3.8) is 0 Å². The summed E-state index contributed by atoms with van der Waals surface area (Å²) in [4.78, 5) is 11.2. The summed E-state index contributed by atoms with van der Waals surface area (Å²) in [7, 11) is 0. The number of amides is 1. The van der Waals surface area contributed by atoms with Crippen LogP contribution in [0.4, 0.5) is 8.78 Å². The smallest absolute Gasteiger partial charge is 0.254 e. The Bertz CT molecular complexity index is 344. The van der Waals surface area contributed by atoms with Gasteiger partial charge in [-0.3, -0.25) is 4.79 Å². The van der Waals surface area contributed by atoms with Crippen LogP contribution in [0, 0.1) is 11.6 Å². The second-order valence-electron chi connectivity index (χ2n) is 2.55. The SMILES string of the molecule is O=C(NCCCl)c1cccc(F)c1F. The van der Waals surface area contributed by atoms with Crippen LogP contribution in [0.3, 0.4) is 0 Å². The second-order valence-corrected chi connectivity index (χ2v) is 2.92. The molecule has 0 atom stereocenters. The van der Waals surface area contributed by atoms with E-state index in [-0.39, 0.29) is 18.0 Å². The van der Waals surface area contributed by atoms with Gasteiger partial charge in [-0.05, 0) is 12.1 Å². The minimum absolute atomic E-state index is 0.219. The standard InChI is InChI=1S/C9H8ClF2NO/c10-4-5-13-9(14)6-2-1-3-7(11)8(6)12/h1-3H,4-5H2,(H,13,14). The Labute approximate surface area is 84.9 Å². The molecule has 76 valence electrons. The van der Waals surface area contributed by atoms with Gasteiger partial charge in [-0.2, -0.15) is 0 Å². The van der Waals surface area contributed by atoms with E-state index >= 15 is 0 Å². The van der Waals surface area contributed by atoms with Crippen LogP contribution < -0.4 is 5.32 Å². The maximum Gasteiger partial charge on any atom is 0.254 e. The molecule has 0 aliphatic heterocycles. The summed E-state index contributed by atoms with van der Waals surface area (Å²) in [6.45, 7) is 0.219. The molecule has 0 saturated carbocycles. The normalized spacial score (nSPS) is 9.93. The van der Waals surface area contributed by atoms with Crippen LogP contribution in [0.1, 0.15) is 10.4 Å². The van der Waals surface area contributed by atoms with E-state index in [1.807, 2.05) is 0 Å². The molecule has 0 spiro atoms. The molecule has 1 rings (SSSR count). The van der Waals surface area contributed by atoms with Crippen molar-refractivity contribution >= 4 is 17.5 Å². The fourth-order valence-corrected chi connectivity index (χ4v) is 1.03. The Balaban J connectivity index is 2.84. The Kier molecular flexibility index (Phi) is 3.83. The number of halogens is 3. The quantitative estimate of drug-likeness (QED) is 0.774. The molecular weight excluding hydrogens is 212 g/mol. The van der Waals surface area contributed by atoms with E-state index in [2.05, 4.69) is 5.32 Å². The highest BCUT2D eigenvalue weighted by Gasteiger charge is 2.13. The number of hydrogen-bond acceptors (Lipinski definition) is 1. The van der Waals surface area contributed by atoms with Gasteiger partial charge in [-0.1, -0.05) is 6.07 Å². The van der Waals surface area contributed by atoms with Gasteiger partial charge in [-0.25, -0.2) is 8.78 Å². The summed E-state index contributed by atoms with van der Waals surface area (Å²) in [5.41, 5.74) is -0.310. The van der Waals surface area contributed by atoms with Gasteiger partial charge in [0.2, 0.25) is 0 Å². The highest BCUT2D eigenvalue weighted by atomic mass is 35.5. The van der Waals surface area contributed by atoms with Crippen LogP contribution in [0.2, 0.25) is 0 Å². The second kappa shape index (κ2) is 4.91. The van der Waals surface area contributed by atoms with Crippen LogP contribution in [0.25, 0.3) is 0 Å². The monoisotopic (exact) mass is 219 g/mol. The average molecular weight is 220 g/mol. The summed E-state index contributed by atoms with van der Waals surface area (Å²) < 4.78 is 25.7. The summed E-state index contributed by atoms with van der Waals surface area (Å²) >= 11 is 5.32. The number of hydrogen-bond donors (Lipinski definition) is 1. The fourth-order valence-electron chi connectivity index (χ4n) is 0.935. The van der Waals surface area contributed by atoms with E-state index < -0.39 is 17.5 Å². The van der Waals surface area contributed by atoms with Gasteiger partial charge < -0.3 is 5.32 Å². The van der Waals surface area contributed by atoms with Gasteiger partial charge in [0, 0.05) is 12.4 Å². The Morgan fingerprint density at radius 1 is 1.43 bits per heavy atom. The molecule has 14 heavy (non-hydrogen) atoms. The average Bonchev–Trinajstić information content (AvgIpc) is 2.18. The number of benzene rings is 1. The molecule has 0 saturated heterocycles. The first kappa shape index (κ1) is 10.9. The van der Waals surface area contributed by atoms with E-state index in [0.29, 0.717) is 0 Å². The Morgan fingerprint density at radius 2 is 2.14 bits per heavy atom. The van der Waals surface area contributed by atoms with Crippen LogP contribution in [0.15, 0.2) is 18.2 Å². The first-order valence-electron chi connectivity index (χ1n) is 3.95. The summed E-state index contributed by atoms with van der Waals surface area (Å²) in [6, 6.07) is 3.43. The molecule has 1 aromatic carbocycles. The maximum absolute atomic E-state index is 13.0. The van der Waals surface area contributed by atoms with Crippen LogP contribution in [-0.2, 0) is 0 Å². The predicted octanol–water partition coefficient (Wildman–Crippen LogP) is 1.93. The lowest BCUT2D eigenvalue weighted by Crippen LogP contribution is -2.26. The van der Waals surface area contributed by atoms with Crippen molar-refractivity contribution in [2.24, 2.45) is 0 Å². The van der Waals surface area contributed by atoms with E-state index in [0.717, 1.165) is 6.07 Å². The van der Waals surface area contributed by atoms with Crippen molar-refractivity contribution in [3.8, 4) is 0 Å². The molecule has 0 heterocycles. The van der Waals surface area contributed by atoms with Crippen molar-refractivity contribution in [3.05, 3.63) is 35.4 Å². The zero-order valence-corrected chi connectivity index (χ0v) is 7.94. The van der Waals surface area contributed by atoms with Crippen molar-refractivity contribution in [2.45, 2.75) is 0 Å². The molecule has 2 nitrogen and oxygen atoms in total. The van der Waals surface area contributed by atoms with Crippen molar-refractivity contribution in [1.29, 1.82) is 0 Å². The topological polar surface area (TPSA) is 29.1 Å². The summed E-state index contributed by atoms with van der Waals surface area (Å²) in [6.07, 6.45) is 0. The van der Waals surface area contributed by atoms with Gasteiger partial charge in [0.15, 0.2) is 11.6 Å². The third kappa shape index (κ3) is 2.42. The molecule has 5 heteroatoms. The molecule has 0 radical (unpaired) electrons. The van der Waals surface area contributed by atoms with Gasteiger partial charge in [-0.15, -0.1) is 11.6 Å². The summed E-state index contributed by atoms with van der Waals surface area (Å²) in [5, 5.41) is 2.34. The number of carbonyl (C=O) groups excluding carboxylic acids is 1. The molecular formula is C9H8ClF2NO. The van der Waals surface area contributed by atoms with E-state index in [1.54, 1.807) is 0 Å². The zero-order chi connectivity index (χ0) is 10.6. The first-order chi connectivity index (χ1) is 6.66. The molecule has 0 fully saturated rings. The number of alkyl halides is 1. The molecule has 0 aromatic heterocycles. The van der Waals surface area contributed by atoms with Crippen molar-refractivity contribution < 1.29 is 13.6 Å². The van der Waals surface area contributed by atoms with E-state index in [1.165, 1.54) is 12.1 Å². The zero-order valence-electron chi connectivity index (χ0n) is 7.19. The highest BCUT2D eigenvalue weighted by molar-refractivity contribution is 6.18. The lowest BCUT2D eigenvalue weighted by Gasteiger charge is -2.04. The molecule has 1 N–H and O–H groups in total. The van der Waals surface area contributed by atoms with Crippen molar-refractivity contribution in [2.75, 3.05) is 12.4 Å². The van der Waals surface area contributed by atoms with E-state index in [4.69, 9.17) is 11.6 Å². The Hall–Kier alpha value is -1.16. The Morgan fingerprint density at radius 3 is 2.79 bits per heavy atom. The lowest BCUT2D eigenvalue weighted by molar-refractivity contribution is 0.0951. The molecule has 0 unspecified atom stereocenters. The number of carbonyl (C=O) groups is 1. The van der Waals surface area contributed by atoms with Gasteiger partial charge in [0.25, 0.3) is 5.91 Å². The lowest BCUT2D eigenvalue weighted by atomic mass is 10.2. The van der Waals surface area contributed by atoms with Crippen molar-refractivity contribution in [1.82, 2.24) is 5.32 Å². The molecule has 0 aliphatic rings. The largest absolute Gasteiger partial charge is 0.351 e. The van der Waals surface area contributed by atoms with Gasteiger partial charge in [0.05, 0.1) is 5.56 Å². The first-order valence-corrected chi connectivity index (χ1v) is 4.48. The van der Waals surface area contributed by atoms with Crippen LogP contribution in [0.5, 0.6) is 0 Å². The van der Waals surface area contributed by atoms with Crippen LogP contribution >= 0.6 is 11.6 Å². The molecule has 0 aliphatic carbocycles. The van der Waals surface area contributed by atoms with Crippen LogP contribution in [-0.4, -0.2) is 18.3 Å². The fraction of sp³-hybridized carbons (Fsp3) is 0.222. The van der Waals surface area contributed by atoms with Gasteiger partial charge in [0.1, 0.15) is 0 Å². The minimum atomic E-state index is -1.14. The van der Waals surface area contributed by atoms with E-state index in [9.17, 15) is 13.6 Å². The maximum atomic E-state index is 13.0. The summed E-state index contributed by atoms with van der Waals surface area (Å²) in [5.74, 6) is -2.62. The third-order valence-electron chi connectivity index (χ3n) is 1.58. The number of rotatable bonds is 3. The van der Waals surface area contributed by atoms with Gasteiger partial charge >= 0.3 is 0 Å². The molecule has 1 amide bonds. The predicted molar refractivity (Wildman–Crippen MR) is 49.4 cm³/mol. The molecule has 1 aromatic rings. The highest BCUT2D eigenvalue weighted by Crippen LogP contribution is 2.10. The minimum Gasteiger partial charge on any atom is -0.351 e. The molecule has 0 bridgehead atoms. The number of nitrogens with one attached hydrogen (secondary N) is 1.